The van der Waals surface area contributed by atoms with Gasteiger partial charge in [-0.1, -0.05) is 35.5 Å². The van der Waals surface area contributed by atoms with E-state index in [0.717, 1.165) is 21.1 Å². The van der Waals surface area contributed by atoms with Crippen LogP contribution in [-0.4, -0.2) is 21.1 Å². The molecular formula is C18H18ClN3OS2. The van der Waals surface area contributed by atoms with E-state index in [9.17, 15) is 4.79 Å². The van der Waals surface area contributed by atoms with Crippen molar-refractivity contribution in [1.29, 1.82) is 0 Å². The van der Waals surface area contributed by atoms with Gasteiger partial charge in [-0.2, -0.15) is 0 Å². The molecular weight excluding hydrogens is 374 g/mol. The van der Waals surface area contributed by atoms with Crippen molar-refractivity contribution in [2.24, 2.45) is 0 Å². The summed E-state index contributed by atoms with van der Waals surface area (Å²) in [6.45, 7) is 7.90. The number of benzene rings is 1. The second-order valence-corrected chi connectivity index (χ2v) is 8.71. The zero-order valence-electron chi connectivity index (χ0n) is 14.4. The Bertz CT molecular complexity index is 955. The van der Waals surface area contributed by atoms with E-state index in [4.69, 9.17) is 11.6 Å². The number of carbonyl (C=O) groups excluding carboxylic acids is 1. The molecule has 0 saturated heterocycles. The molecule has 0 aliphatic heterocycles. The number of fused-ring (bicyclic) bond motifs is 1. The van der Waals surface area contributed by atoms with Gasteiger partial charge in [-0.15, -0.1) is 11.3 Å². The predicted molar refractivity (Wildman–Crippen MR) is 107 cm³/mol. The summed E-state index contributed by atoms with van der Waals surface area (Å²) in [5.41, 5.74) is 1.80. The fraction of sp³-hybridized carbons (Fsp3) is 0.278. The van der Waals surface area contributed by atoms with Gasteiger partial charge >= 0.3 is 0 Å². The molecule has 3 aromatic rings. The fourth-order valence-electron chi connectivity index (χ4n) is 2.42. The SMILES string of the molecule is Cc1nc(S[C@@H](C)C(=O)Nc2ccccc2Cl)c2c(C)c(C)sc2n1. The van der Waals surface area contributed by atoms with Crippen molar-refractivity contribution >= 4 is 56.5 Å². The molecule has 0 radical (unpaired) electrons. The Balaban J connectivity index is 1.85. The van der Waals surface area contributed by atoms with Crippen molar-refractivity contribution in [2.45, 2.75) is 38.0 Å². The van der Waals surface area contributed by atoms with Crippen molar-refractivity contribution in [3.8, 4) is 0 Å². The van der Waals surface area contributed by atoms with Crippen LogP contribution in [0.5, 0.6) is 0 Å². The number of aryl methyl sites for hydroxylation is 3. The molecule has 0 fully saturated rings. The number of aromatic nitrogens is 2. The van der Waals surface area contributed by atoms with Crippen LogP contribution < -0.4 is 5.32 Å². The number of rotatable bonds is 4. The second kappa shape index (κ2) is 7.32. The number of nitrogens with one attached hydrogen (secondary N) is 1. The van der Waals surface area contributed by atoms with Crippen LogP contribution in [0.4, 0.5) is 5.69 Å². The lowest BCUT2D eigenvalue weighted by Crippen LogP contribution is -2.22. The number of thiophene rings is 1. The Morgan fingerprint density at radius 3 is 2.68 bits per heavy atom. The molecule has 0 aliphatic rings. The highest BCUT2D eigenvalue weighted by atomic mass is 35.5. The highest BCUT2D eigenvalue weighted by molar-refractivity contribution is 8.00. The fourth-order valence-corrected chi connectivity index (χ4v) is 4.79. The second-order valence-electron chi connectivity index (χ2n) is 5.77. The minimum Gasteiger partial charge on any atom is -0.324 e. The maximum Gasteiger partial charge on any atom is 0.237 e. The largest absolute Gasteiger partial charge is 0.324 e. The summed E-state index contributed by atoms with van der Waals surface area (Å²) in [5, 5.41) is 5.00. The Kier molecular flexibility index (Phi) is 5.32. The molecule has 130 valence electrons. The van der Waals surface area contributed by atoms with Gasteiger partial charge in [0.15, 0.2) is 0 Å². The number of thioether (sulfide) groups is 1. The van der Waals surface area contributed by atoms with Crippen LogP contribution in [0.1, 0.15) is 23.2 Å². The average Bonchev–Trinajstić information content (AvgIpc) is 2.83. The number of carbonyl (C=O) groups is 1. The van der Waals surface area contributed by atoms with Gasteiger partial charge < -0.3 is 5.32 Å². The number of hydrogen-bond donors (Lipinski definition) is 1. The first kappa shape index (κ1) is 18.2. The van der Waals surface area contributed by atoms with Crippen LogP contribution in [0.15, 0.2) is 29.3 Å². The molecule has 0 unspecified atom stereocenters. The summed E-state index contributed by atoms with van der Waals surface area (Å²) in [6, 6.07) is 7.22. The summed E-state index contributed by atoms with van der Waals surface area (Å²) >= 11 is 9.23. The van der Waals surface area contributed by atoms with E-state index in [0.29, 0.717) is 10.7 Å². The molecule has 7 heteroatoms. The summed E-state index contributed by atoms with van der Waals surface area (Å²) < 4.78 is 0. The van der Waals surface area contributed by atoms with Gasteiger partial charge in [-0.25, -0.2) is 9.97 Å². The summed E-state index contributed by atoms with van der Waals surface area (Å²) in [5.74, 6) is 0.613. The third-order valence-corrected chi connectivity index (χ3v) is 6.41. The zero-order chi connectivity index (χ0) is 18.1. The molecule has 0 saturated carbocycles. The van der Waals surface area contributed by atoms with Gasteiger partial charge in [0.2, 0.25) is 5.91 Å². The topological polar surface area (TPSA) is 54.9 Å². The maximum absolute atomic E-state index is 12.5. The van der Waals surface area contributed by atoms with Gasteiger partial charge in [0.05, 0.1) is 16.0 Å². The molecule has 0 aliphatic carbocycles. The van der Waals surface area contributed by atoms with Gasteiger partial charge in [-0.05, 0) is 45.4 Å². The lowest BCUT2D eigenvalue weighted by molar-refractivity contribution is -0.115. The van der Waals surface area contributed by atoms with Crippen molar-refractivity contribution in [3.05, 3.63) is 45.6 Å². The molecule has 1 atom stereocenters. The van der Waals surface area contributed by atoms with Crippen LogP contribution in [0.3, 0.4) is 0 Å². The van der Waals surface area contributed by atoms with Gasteiger partial charge in [0.1, 0.15) is 15.7 Å². The van der Waals surface area contributed by atoms with Crippen molar-refractivity contribution in [2.75, 3.05) is 5.32 Å². The minimum absolute atomic E-state index is 0.105. The van der Waals surface area contributed by atoms with E-state index in [1.807, 2.05) is 26.0 Å². The molecule has 2 heterocycles. The van der Waals surface area contributed by atoms with E-state index >= 15 is 0 Å². The van der Waals surface area contributed by atoms with Crippen LogP contribution in [0.2, 0.25) is 5.02 Å². The molecule has 3 rings (SSSR count). The quantitative estimate of drug-likeness (QED) is 0.478. The summed E-state index contributed by atoms with van der Waals surface area (Å²) in [4.78, 5) is 23.9. The minimum atomic E-state index is -0.312. The first-order valence-corrected chi connectivity index (χ1v) is 9.90. The first-order chi connectivity index (χ1) is 11.9. The first-order valence-electron chi connectivity index (χ1n) is 7.83. The van der Waals surface area contributed by atoms with E-state index in [1.165, 1.54) is 22.2 Å². The van der Waals surface area contributed by atoms with Gasteiger partial charge in [-0.3, -0.25) is 4.79 Å². The number of nitrogens with zero attached hydrogens (tertiary/aromatic N) is 2. The van der Waals surface area contributed by atoms with Crippen LogP contribution in [0.25, 0.3) is 10.2 Å². The Morgan fingerprint density at radius 2 is 1.96 bits per heavy atom. The molecule has 0 bridgehead atoms. The lowest BCUT2D eigenvalue weighted by Gasteiger charge is -2.13. The summed E-state index contributed by atoms with van der Waals surface area (Å²) in [7, 11) is 0. The smallest absolute Gasteiger partial charge is 0.237 e. The average molecular weight is 392 g/mol. The Hall–Kier alpha value is -1.63. The van der Waals surface area contributed by atoms with Crippen LogP contribution in [-0.2, 0) is 4.79 Å². The number of amides is 1. The predicted octanol–water partition coefficient (Wildman–Crippen LogP) is 5.39. The van der Waals surface area contributed by atoms with Crippen LogP contribution >= 0.6 is 34.7 Å². The standard InChI is InChI=1S/C18H18ClN3OS2/c1-9-10(2)24-17-15(9)18(21-12(4)20-17)25-11(3)16(23)22-14-8-6-5-7-13(14)19/h5-8,11H,1-4H3,(H,22,23)/t11-/m0/s1. The van der Waals surface area contributed by atoms with Crippen molar-refractivity contribution < 1.29 is 4.79 Å². The molecule has 1 N–H and O–H groups in total. The normalized spacial score (nSPS) is 12.4. The highest BCUT2D eigenvalue weighted by Crippen LogP contribution is 2.36. The van der Waals surface area contributed by atoms with E-state index in [2.05, 4.69) is 29.1 Å². The number of para-hydroxylation sites is 1. The monoisotopic (exact) mass is 391 g/mol. The zero-order valence-corrected chi connectivity index (χ0v) is 16.8. The van der Waals surface area contributed by atoms with Gasteiger partial charge in [0.25, 0.3) is 0 Å². The molecule has 25 heavy (non-hydrogen) atoms. The summed E-state index contributed by atoms with van der Waals surface area (Å²) in [6.07, 6.45) is 0. The lowest BCUT2D eigenvalue weighted by atomic mass is 10.2. The number of hydrogen-bond acceptors (Lipinski definition) is 5. The molecule has 4 nitrogen and oxygen atoms in total. The Labute approximate surface area is 160 Å². The van der Waals surface area contributed by atoms with Crippen molar-refractivity contribution in [3.63, 3.8) is 0 Å². The molecule has 1 amide bonds. The van der Waals surface area contributed by atoms with Gasteiger partial charge in [0, 0.05) is 10.3 Å². The maximum atomic E-state index is 12.5. The van der Waals surface area contributed by atoms with E-state index in [-0.39, 0.29) is 11.2 Å². The number of anilines is 1. The Morgan fingerprint density at radius 1 is 1.24 bits per heavy atom. The van der Waals surface area contributed by atoms with E-state index < -0.39 is 0 Å². The van der Waals surface area contributed by atoms with Crippen molar-refractivity contribution in [1.82, 2.24) is 9.97 Å². The van der Waals surface area contributed by atoms with Crippen LogP contribution in [0, 0.1) is 20.8 Å². The molecule has 2 aromatic heterocycles. The third-order valence-electron chi connectivity index (χ3n) is 3.90. The molecule has 0 spiro atoms. The van der Waals surface area contributed by atoms with E-state index in [1.54, 1.807) is 23.5 Å². The third kappa shape index (κ3) is 3.81. The number of halogens is 1. The molecule has 1 aromatic carbocycles. The highest BCUT2D eigenvalue weighted by Gasteiger charge is 2.20.